The normalized spacial score (nSPS) is 12.5. The molecule has 0 saturated heterocycles. The molecule has 0 aliphatic rings. The summed E-state index contributed by atoms with van der Waals surface area (Å²) in [6, 6.07) is 23.1. The third-order valence-electron chi connectivity index (χ3n) is 6.40. The Kier molecular flexibility index (Phi) is 16.8. The van der Waals surface area contributed by atoms with Crippen molar-refractivity contribution in [1.29, 1.82) is 0 Å². The van der Waals surface area contributed by atoms with Crippen LogP contribution in [0.15, 0.2) is 108 Å². The number of pyridine rings is 1. The van der Waals surface area contributed by atoms with Crippen molar-refractivity contribution in [2.24, 2.45) is 4.99 Å². The minimum Gasteiger partial charge on any atom is -0.394 e. The quantitative estimate of drug-likeness (QED) is 0.0376. The fraction of sp³-hybridized carbons (Fsp3) is 0.278. The third-order valence-corrected chi connectivity index (χ3v) is 8.81. The lowest BCUT2D eigenvalue weighted by Gasteiger charge is -2.08. The number of aliphatic hydroxyl groups excluding tert-OH is 2. The SMILES string of the molecule is CC(/C=C/C=C\C=NCCO)=C\c1ccc(NCCSSCCNc2ccc(/C=C(\C)c3cccc[n+]3CCO)cc2)cc1. The van der Waals surface area contributed by atoms with Gasteiger partial charge in [0.1, 0.15) is 6.61 Å². The van der Waals surface area contributed by atoms with E-state index < -0.39 is 0 Å². The fourth-order valence-corrected chi connectivity index (χ4v) is 6.09. The van der Waals surface area contributed by atoms with Gasteiger partial charge >= 0.3 is 0 Å². The summed E-state index contributed by atoms with van der Waals surface area (Å²) >= 11 is 0. The Bertz CT molecular complexity index is 1400. The molecule has 4 N–H and O–H groups in total. The molecule has 8 heteroatoms. The van der Waals surface area contributed by atoms with E-state index in [9.17, 15) is 5.11 Å². The first-order valence-corrected chi connectivity index (χ1v) is 17.4. The van der Waals surface area contributed by atoms with Crippen LogP contribution in [0, 0.1) is 0 Å². The van der Waals surface area contributed by atoms with Crippen molar-refractivity contribution in [3.63, 3.8) is 0 Å². The van der Waals surface area contributed by atoms with Crippen molar-refractivity contribution in [3.8, 4) is 0 Å². The average Bonchev–Trinajstić information content (AvgIpc) is 3.04. The molecule has 0 spiro atoms. The number of aliphatic hydroxyl groups is 2. The summed E-state index contributed by atoms with van der Waals surface area (Å²) in [6.07, 6.45) is 15.9. The van der Waals surface area contributed by atoms with E-state index in [0.29, 0.717) is 13.1 Å². The van der Waals surface area contributed by atoms with Crippen LogP contribution in [0.5, 0.6) is 0 Å². The van der Waals surface area contributed by atoms with Crippen LogP contribution in [0.2, 0.25) is 0 Å². The Labute approximate surface area is 270 Å². The van der Waals surface area contributed by atoms with Crippen molar-refractivity contribution in [1.82, 2.24) is 0 Å². The topological polar surface area (TPSA) is 80.8 Å². The summed E-state index contributed by atoms with van der Waals surface area (Å²) < 4.78 is 2.08. The molecule has 0 amide bonds. The number of allylic oxidation sites excluding steroid dienone is 6. The lowest BCUT2D eigenvalue weighted by molar-refractivity contribution is -0.700. The van der Waals surface area contributed by atoms with E-state index >= 15 is 0 Å². The van der Waals surface area contributed by atoms with E-state index in [2.05, 4.69) is 107 Å². The Balaban J connectivity index is 1.29. The number of rotatable bonds is 19. The minimum atomic E-state index is 0.0772. The molecule has 0 aliphatic heterocycles. The average molecular weight is 630 g/mol. The molecule has 3 aromatic rings. The van der Waals surface area contributed by atoms with E-state index in [4.69, 9.17) is 5.11 Å². The summed E-state index contributed by atoms with van der Waals surface area (Å²) in [5.41, 5.74) is 8.04. The Morgan fingerprint density at radius 1 is 0.773 bits per heavy atom. The fourth-order valence-electron chi connectivity index (χ4n) is 4.27. The molecule has 0 unspecified atom stereocenters. The van der Waals surface area contributed by atoms with Gasteiger partial charge in [-0.3, -0.25) is 4.99 Å². The van der Waals surface area contributed by atoms with E-state index in [0.717, 1.165) is 47.2 Å². The second-order valence-electron chi connectivity index (χ2n) is 9.98. The van der Waals surface area contributed by atoms with Gasteiger partial charge in [0.15, 0.2) is 12.7 Å². The molecule has 6 nitrogen and oxygen atoms in total. The van der Waals surface area contributed by atoms with Crippen LogP contribution in [0.25, 0.3) is 17.7 Å². The van der Waals surface area contributed by atoms with Gasteiger partial charge in [-0.2, -0.15) is 4.57 Å². The Morgan fingerprint density at radius 2 is 1.41 bits per heavy atom. The first-order valence-electron chi connectivity index (χ1n) is 14.9. The zero-order chi connectivity index (χ0) is 31.2. The maximum atomic E-state index is 9.34. The first-order chi connectivity index (χ1) is 21.6. The molecular formula is C36H45N4O2S2+. The number of nitrogens with zero attached hydrogens (tertiary/aromatic N) is 2. The molecule has 2 aromatic carbocycles. The summed E-state index contributed by atoms with van der Waals surface area (Å²) in [5, 5.41) is 25.1. The maximum Gasteiger partial charge on any atom is 0.208 e. The molecule has 0 radical (unpaired) electrons. The second-order valence-corrected chi connectivity index (χ2v) is 12.7. The van der Waals surface area contributed by atoms with Gasteiger partial charge in [-0.1, -0.05) is 75.7 Å². The molecule has 232 valence electrons. The zero-order valence-electron chi connectivity index (χ0n) is 25.7. The van der Waals surface area contributed by atoms with Crippen LogP contribution in [0.4, 0.5) is 11.4 Å². The van der Waals surface area contributed by atoms with Crippen LogP contribution >= 0.6 is 21.6 Å². The molecule has 0 bridgehead atoms. The van der Waals surface area contributed by atoms with Crippen molar-refractivity contribution in [3.05, 3.63) is 120 Å². The number of benzene rings is 2. The van der Waals surface area contributed by atoms with Gasteiger partial charge in [-0.25, -0.2) is 0 Å². The van der Waals surface area contributed by atoms with Gasteiger partial charge in [-0.05, 0) is 67.5 Å². The molecule has 0 atom stereocenters. The van der Waals surface area contributed by atoms with Gasteiger partial charge in [-0.15, -0.1) is 0 Å². The van der Waals surface area contributed by atoms with Crippen molar-refractivity contribution >= 4 is 56.9 Å². The molecule has 3 rings (SSSR count). The molecule has 0 aliphatic carbocycles. The monoisotopic (exact) mass is 629 g/mol. The molecular weight excluding hydrogens is 585 g/mol. The van der Waals surface area contributed by atoms with Crippen molar-refractivity contribution < 1.29 is 14.8 Å². The second kappa shape index (κ2) is 21.2. The van der Waals surface area contributed by atoms with Crippen molar-refractivity contribution in [2.45, 2.75) is 20.4 Å². The third kappa shape index (κ3) is 13.8. The molecule has 1 aromatic heterocycles. The lowest BCUT2D eigenvalue weighted by Crippen LogP contribution is -2.38. The van der Waals surface area contributed by atoms with E-state index in [1.54, 1.807) is 6.21 Å². The summed E-state index contributed by atoms with van der Waals surface area (Å²) in [5.74, 6) is 2.07. The number of hydrogen-bond acceptors (Lipinski definition) is 7. The standard InChI is InChI=1S/C36H44N4O2S2/c1-30(8-4-3-6-18-37-19-24-41)28-32-10-14-34(15-11-32)38-20-26-43-44-27-21-39-35-16-12-33(13-17-35)29-31(2)36-9-5-7-22-40(36)23-25-42/h3-18,22,28-29,41-42H,19-21,23-27H2,1-2H3,(H,37,38)/p+1. The van der Waals surface area contributed by atoms with E-state index in [1.165, 1.54) is 16.7 Å². The number of hydrogen-bond donors (Lipinski definition) is 4. The van der Waals surface area contributed by atoms with Gasteiger partial charge in [0.05, 0.1) is 13.2 Å². The summed E-state index contributed by atoms with van der Waals surface area (Å²) in [6.45, 7) is 7.26. The van der Waals surface area contributed by atoms with Crippen molar-refractivity contribution in [2.75, 3.05) is 55.0 Å². The van der Waals surface area contributed by atoms with E-state index in [1.807, 2.05) is 58.1 Å². The highest BCUT2D eigenvalue weighted by atomic mass is 33.1. The zero-order valence-corrected chi connectivity index (χ0v) is 27.4. The van der Waals surface area contributed by atoms with Crippen LogP contribution in [0.3, 0.4) is 0 Å². The predicted octanol–water partition coefficient (Wildman–Crippen LogP) is 7.01. The smallest absolute Gasteiger partial charge is 0.208 e. The molecule has 0 fully saturated rings. The van der Waals surface area contributed by atoms with Gasteiger partial charge in [0, 0.05) is 59.9 Å². The number of nitrogens with one attached hydrogen (secondary N) is 2. The number of anilines is 2. The Hall–Kier alpha value is -3.56. The van der Waals surface area contributed by atoms with Gasteiger partial charge in [0.2, 0.25) is 5.69 Å². The maximum absolute atomic E-state index is 9.34. The highest BCUT2D eigenvalue weighted by Gasteiger charge is 2.10. The van der Waals surface area contributed by atoms with Crippen LogP contribution in [-0.2, 0) is 6.54 Å². The van der Waals surface area contributed by atoms with E-state index in [-0.39, 0.29) is 13.2 Å². The molecule has 44 heavy (non-hydrogen) atoms. The molecule has 1 heterocycles. The minimum absolute atomic E-state index is 0.0772. The Morgan fingerprint density at radius 3 is 2.02 bits per heavy atom. The predicted molar refractivity (Wildman–Crippen MR) is 194 cm³/mol. The highest BCUT2D eigenvalue weighted by Crippen LogP contribution is 2.22. The summed E-state index contributed by atoms with van der Waals surface area (Å²) in [4.78, 5) is 4.03. The lowest BCUT2D eigenvalue weighted by atomic mass is 10.1. The number of aromatic nitrogens is 1. The summed E-state index contributed by atoms with van der Waals surface area (Å²) in [7, 11) is 3.78. The molecule has 0 saturated carbocycles. The largest absolute Gasteiger partial charge is 0.394 e. The van der Waals surface area contributed by atoms with Gasteiger partial charge < -0.3 is 20.8 Å². The highest BCUT2D eigenvalue weighted by molar-refractivity contribution is 8.76. The number of aliphatic imine (C=N–C) groups is 1. The first kappa shape index (κ1) is 34.9. The van der Waals surface area contributed by atoms with Crippen LogP contribution < -0.4 is 15.2 Å². The van der Waals surface area contributed by atoms with Crippen LogP contribution in [-0.4, -0.2) is 60.8 Å². The van der Waals surface area contributed by atoms with Gasteiger partial charge in [0.25, 0.3) is 0 Å². The van der Waals surface area contributed by atoms with Crippen LogP contribution in [0.1, 0.15) is 30.7 Å².